The van der Waals surface area contributed by atoms with Crippen LogP contribution in [0.3, 0.4) is 0 Å². The summed E-state index contributed by atoms with van der Waals surface area (Å²) in [6.07, 6.45) is 3.79. The zero-order chi connectivity index (χ0) is 36.5. The number of methoxy groups -OCH3 is 1. The molecule has 0 saturated heterocycles. The first-order valence-electron chi connectivity index (χ1n) is 16.8. The van der Waals surface area contributed by atoms with Crippen molar-refractivity contribution in [1.82, 2.24) is 4.31 Å². The Morgan fingerprint density at radius 2 is 1.45 bits per heavy atom. The molecule has 1 aliphatic rings. The molecule has 1 fully saturated rings. The van der Waals surface area contributed by atoms with Crippen molar-refractivity contribution in [1.29, 1.82) is 0 Å². The number of carbonyl (C=O) groups excluding carboxylic acids is 2. The molecule has 266 valence electrons. The number of carboxylic acid groups (broad SMARTS) is 2. The van der Waals surface area contributed by atoms with E-state index >= 15 is 0 Å². The second-order valence-electron chi connectivity index (χ2n) is 12.4. The molecule has 2 amide bonds. The first kappa shape index (κ1) is 37.1. The molecule has 51 heavy (non-hydrogen) atoms. The van der Waals surface area contributed by atoms with Gasteiger partial charge >= 0.3 is 11.9 Å². The van der Waals surface area contributed by atoms with E-state index in [1.807, 2.05) is 23.4 Å². The molecule has 0 aromatic heterocycles. The van der Waals surface area contributed by atoms with E-state index in [0.717, 1.165) is 24.0 Å². The molecule has 1 saturated carbocycles. The normalized spacial score (nSPS) is 16.2. The van der Waals surface area contributed by atoms with Gasteiger partial charge in [0.1, 0.15) is 5.75 Å². The van der Waals surface area contributed by atoms with Gasteiger partial charge in [-0.25, -0.2) is 4.79 Å². The average Bonchev–Trinajstić information content (AvgIpc) is 3.15. The van der Waals surface area contributed by atoms with E-state index in [2.05, 4.69) is 10.6 Å². The van der Waals surface area contributed by atoms with Crippen LogP contribution in [0.5, 0.6) is 5.75 Å². The Morgan fingerprint density at radius 1 is 0.804 bits per heavy atom. The van der Waals surface area contributed by atoms with Crippen molar-refractivity contribution in [2.24, 2.45) is 5.92 Å². The monoisotopic (exact) mass is 711 g/mol. The number of nitrogens with zero attached hydrogens (tertiary/aromatic N) is 1. The van der Waals surface area contributed by atoms with Gasteiger partial charge < -0.3 is 30.1 Å². The van der Waals surface area contributed by atoms with Gasteiger partial charge in [-0.15, -0.1) is 4.31 Å². The van der Waals surface area contributed by atoms with Crippen molar-refractivity contribution in [2.45, 2.75) is 56.4 Å². The molecule has 1 unspecified atom stereocenters. The van der Waals surface area contributed by atoms with Crippen molar-refractivity contribution in [3.63, 3.8) is 0 Å². The molecule has 1 aliphatic carbocycles. The van der Waals surface area contributed by atoms with Crippen molar-refractivity contribution in [3.05, 3.63) is 119 Å². The Kier molecular flexibility index (Phi) is 12.5. The van der Waals surface area contributed by atoms with Gasteiger partial charge in [-0.3, -0.25) is 14.4 Å². The number of carbonyl (C=O) groups is 4. The minimum atomic E-state index is -1.56. The number of ether oxygens (including phenoxy) is 1. The number of anilines is 2. The summed E-state index contributed by atoms with van der Waals surface area (Å²) in [7, 11) is 1.48. The SMILES string of the molecule is CCN(C1CCC(C(=O)O)CC1)[S+]([O-])c1cccc(C(=O)Nc2ccc(OC)cc2C(=O)Nc2ccc(CCc3ccc(C(=O)O)cc3)cc2)c1. The zero-order valence-corrected chi connectivity index (χ0v) is 29.3. The standard InChI is InChI=1S/C39H41N3O8S/c1-3-42(31-19-15-28(16-20-31)39(47)48)51(49)33-6-4-5-29(23-33)36(43)41-35-22-21-32(50-2)24-34(35)37(44)40-30-17-11-26(12-18-30)8-7-25-9-13-27(14-10-25)38(45)46/h4-6,9-14,17-18,21-24,28,31H,3,7-8,15-16,19-20H2,1-2H3,(H,40,44)(H,41,43)(H,45,46)(H,47,48). The summed E-state index contributed by atoms with van der Waals surface area (Å²) in [4.78, 5) is 50.0. The Balaban J connectivity index is 1.24. The average molecular weight is 712 g/mol. The number of aryl methyl sites for hydroxylation is 2. The fourth-order valence-electron chi connectivity index (χ4n) is 6.20. The molecular formula is C39H41N3O8S. The predicted molar refractivity (Wildman–Crippen MR) is 195 cm³/mol. The quantitative estimate of drug-likeness (QED) is 0.104. The highest BCUT2D eigenvalue weighted by Crippen LogP contribution is 2.31. The van der Waals surface area contributed by atoms with Crippen LogP contribution >= 0.6 is 0 Å². The van der Waals surface area contributed by atoms with E-state index in [0.29, 0.717) is 48.6 Å². The van der Waals surface area contributed by atoms with Gasteiger partial charge in [0.15, 0.2) is 4.90 Å². The number of aromatic carboxylic acids is 1. The number of aliphatic carboxylic acids is 1. The van der Waals surface area contributed by atoms with Gasteiger partial charge in [0.05, 0.1) is 47.2 Å². The molecular weight excluding hydrogens is 671 g/mol. The predicted octanol–water partition coefficient (Wildman–Crippen LogP) is 6.67. The summed E-state index contributed by atoms with van der Waals surface area (Å²) in [6.45, 7) is 2.41. The first-order valence-corrected chi connectivity index (χ1v) is 17.9. The van der Waals surface area contributed by atoms with Crippen LogP contribution in [0.4, 0.5) is 11.4 Å². The number of hydrogen-bond donors (Lipinski definition) is 4. The van der Waals surface area contributed by atoms with Gasteiger partial charge in [0.2, 0.25) is 0 Å². The minimum absolute atomic E-state index is 0.0227. The van der Waals surface area contributed by atoms with Crippen LogP contribution in [-0.2, 0) is 29.0 Å². The number of carboxylic acids is 2. The maximum absolute atomic E-state index is 13.7. The Bertz CT molecular complexity index is 1860. The van der Waals surface area contributed by atoms with Crippen molar-refractivity contribution in [3.8, 4) is 5.75 Å². The van der Waals surface area contributed by atoms with Gasteiger partial charge in [-0.05, 0) is 111 Å². The molecule has 0 radical (unpaired) electrons. The number of rotatable bonds is 14. The lowest BCUT2D eigenvalue weighted by molar-refractivity contribution is -0.143. The molecule has 1 atom stereocenters. The minimum Gasteiger partial charge on any atom is -0.593 e. The number of nitrogens with one attached hydrogen (secondary N) is 2. The molecule has 4 N–H and O–H groups in total. The van der Waals surface area contributed by atoms with Crippen LogP contribution < -0.4 is 15.4 Å². The summed E-state index contributed by atoms with van der Waals surface area (Å²) in [5, 5.41) is 24.2. The third kappa shape index (κ3) is 9.54. The van der Waals surface area contributed by atoms with Crippen LogP contribution in [0, 0.1) is 5.92 Å². The topological polar surface area (TPSA) is 168 Å². The Hall–Kier alpha value is -5.17. The maximum Gasteiger partial charge on any atom is 0.335 e. The van der Waals surface area contributed by atoms with E-state index < -0.39 is 35.1 Å². The van der Waals surface area contributed by atoms with Gasteiger partial charge in [0.25, 0.3) is 11.8 Å². The van der Waals surface area contributed by atoms with Crippen LogP contribution in [0.1, 0.15) is 74.8 Å². The molecule has 0 spiro atoms. The smallest absolute Gasteiger partial charge is 0.335 e. The second-order valence-corrected chi connectivity index (χ2v) is 13.8. The highest BCUT2D eigenvalue weighted by atomic mass is 32.2. The molecule has 12 heteroatoms. The number of benzene rings is 4. The fourth-order valence-corrected chi connectivity index (χ4v) is 7.61. The number of hydrogen-bond acceptors (Lipinski definition) is 7. The van der Waals surface area contributed by atoms with E-state index in [1.54, 1.807) is 78.9 Å². The highest BCUT2D eigenvalue weighted by Gasteiger charge is 2.35. The Morgan fingerprint density at radius 3 is 2.04 bits per heavy atom. The van der Waals surface area contributed by atoms with Crippen LogP contribution in [-0.4, -0.2) is 62.5 Å². The molecule has 4 aromatic carbocycles. The number of amides is 2. The molecule has 0 aliphatic heterocycles. The zero-order valence-electron chi connectivity index (χ0n) is 28.5. The summed E-state index contributed by atoms with van der Waals surface area (Å²) < 4.78 is 20.9. The fraction of sp³-hybridized carbons (Fsp3) is 0.282. The van der Waals surface area contributed by atoms with Crippen LogP contribution in [0.15, 0.2) is 95.9 Å². The first-order chi connectivity index (χ1) is 24.6. The molecule has 0 heterocycles. The lowest BCUT2D eigenvalue weighted by atomic mass is 9.86. The third-order valence-electron chi connectivity index (χ3n) is 9.11. The molecule has 11 nitrogen and oxygen atoms in total. The van der Waals surface area contributed by atoms with E-state index in [4.69, 9.17) is 9.84 Å². The largest absolute Gasteiger partial charge is 0.593 e. The van der Waals surface area contributed by atoms with Gasteiger partial charge in [-0.2, -0.15) is 0 Å². The summed E-state index contributed by atoms with van der Waals surface area (Å²) in [6, 6.07) is 25.5. The molecule has 0 bridgehead atoms. The molecule has 5 rings (SSSR count). The van der Waals surface area contributed by atoms with E-state index in [1.165, 1.54) is 7.11 Å². The highest BCUT2D eigenvalue weighted by molar-refractivity contribution is 7.89. The summed E-state index contributed by atoms with van der Waals surface area (Å²) in [5.41, 5.74) is 3.58. The van der Waals surface area contributed by atoms with Gasteiger partial charge in [0, 0.05) is 23.9 Å². The summed E-state index contributed by atoms with van der Waals surface area (Å²) in [5.74, 6) is -2.64. The maximum atomic E-state index is 13.7. The van der Waals surface area contributed by atoms with E-state index in [9.17, 15) is 28.8 Å². The third-order valence-corrected chi connectivity index (χ3v) is 10.7. The second kappa shape index (κ2) is 17.2. The van der Waals surface area contributed by atoms with Crippen LogP contribution in [0.2, 0.25) is 0 Å². The van der Waals surface area contributed by atoms with Crippen molar-refractivity contribution >= 4 is 46.5 Å². The van der Waals surface area contributed by atoms with Crippen molar-refractivity contribution in [2.75, 3.05) is 24.3 Å². The van der Waals surface area contributed by atoms with Crippen LogP contribution in [0.25, 0.3) is 0 Å². The van der Waals surface area contributed by atoms with Crippen molar-refractivity contribution < 1.29 is 38.7 Å². The summed E-state index contributed by atoms with van der Waals surface area (Å²) >= 11 is -1.56. The lowest BCUT2D eigenvalue weighted by Crippen LogP contribution is -2.42. The Labute approximate surface area is 300 Å². The lowest BCUT2D eigenvalue weighted by Gasteiger charge is -2.34. The van der Waals surface area contributed by atoms with E-state index in [-0.39, 0.29) is 34.3 Å². The molecule has 4 aromatic rings. The van der Waals surface area contributed by atoms with Gasteiger partial charge in [-0.1, -0.05) is 30.3 Å².